The molecule has 0 aliphatic carbocycles. The summed E-state index contributed by atoms with van der Waals surface area (Å²) in [7, 11) is 0. The van der Waals surface area contributed by atoms with Crippen molar-refractivity contribution in [3.8, 4) is 0 Å². The molecule has 0 spiro atoms. The molecule has 22 heavy (non-hydrogen) atoms. The Morgan fingerprint density at radius 2 is 1.86 bits per heavy atom. The molecule has 1 heterocycles. The number of hydrogen-bond donors (Lipinski definition) is 2. The quantitative estimate of drug-likeness (QED) is 0.737. The van der Waals surface area contributed by atoms with E-state index in [1.807, 2.05) is 6.07 Å². The Hall–Kier alpha value is -2.02. The normalized spacial score (nSPS) is 14.0. The molecule has 118 valence electrons. The molecule has 0 radical (unpaired) electrons. The summed E-state index contributed by atoms with van der Waals surface area (Å²) in [5, 5.41) is 5.51. The summed E-state index contributed by atoms with van der Waals surface area (Å²) in [5.74, 6) is 0.527. The first-order chi connectivity index (χ1) is 10.7. The van der Waals surface area contributed by atoms with E-state index in [1.54, 1.807) is 29.2 Å². The van der Waals surface area contributed by atoms with E-state index in [9.17, 15) is 14.4 Å². The van der Waals surface area contributed by atoms with Crippen molar-refractivity contribution in [2.24, 2.45) is 0 Å². The molecule has 1 aromatic carbocycles. The van der Waals surface area contributed by atoms with Gasteiger partial charge in [0.15, 0.2) is 0 Å². The molecule has 1 aromatic rings. The van der Waals surface area contributed by atoms with Crippen LogP contribution in [0.3, 0.4) is 0 Å². The van der Waals surface area contributed by atoms with E-state index in [4.69, 9.17) is 0 Å². The van der Waals surface area contributed by atoms with Gasteiger partial charge in [-0.3, -0.25) is 14.4 Å². The summed E-state index contributed by atoms with van der Waals surface area (Å²) in [6, 6.07) is 8.92. The van der Waals surface area contributed by atoms with Crippen molar-refractivity contribution in [3.63, 3.8) is 0 Å². The van der Waals surface area contributed by atoms with Gasteiger partial charge in [-0.1, -0.05) is 30.0 Å². The molecular weight excluding hydrogens is 302 g/mol. The van der Waals surface area contributed by atoms with Gasteiger partial charge in [0.05, 0.1) is 0 Å². The second kappa shape index (κ2) is 8.43. The lowest BCUT2D eigenvalue weighted by molar-refractivity contribution is -0.121. The molecule has 0 saturated carbocycles. The minimum absolute atomic E-state index is 0.0444. The van der Waals surface area contributed by atoms with E-state index in [2.05, 4.69) is 10.6 Å². The highest BCUT2D eigenvalue weighted by molar-refractivity contribution is 8.13. The fourth-order valence-electron chi connectivity index (χ4n) is 2.02. The van der Waals surface area contributed by atoms with Gasteiger partial charge in [0.25, 0.3) is 11.1 Å². The van der Waals surface area contributed by atoms with E-state index in [0.717, 1.165) is 5.75 Å². The summed E-state index contributed by atoms with van der Waals surface area (Å²) < 4.78 is 0. The zero-order chi connectivity index (χ0) is 15.8. The third-order valence-corrected chi connectivity index (χ3v) is 4.11. The molecule has 7 heteroatoms. The van der Waals surface area contributed by atoms with Gasteiger partial charge in [-0.15, -0.1) is 0 Å². The molecular formula is C15H19N3O3S. The second-order valence-corrected chi connectivity index (χ2v) is 5.87. The van der Waals surface area contributed by atoms with Gasteiger partial charge >= 0.3 is 0 Å². The van der Waals surface area contributed by atoms with Crippen LogP contribution in [-0.2, 0) is 4.79 Å². The molecule has 0 bridgehead atoms. The van der Waals surface area contributed by atoms with Gasteiger partial charge in [0, 0.05) is 43.9 Å². The predicted octanol–water partition coefficient (Wildman–Crippen LogP) is 1.09. The number of carbonyl (C=O) groups is 3. The predicted molar refractivity (Wildman–Crippen MR) is 85.8 cm³/mol. The van der Waals surface area contributed by atoms with Crippen LogP contribution in [0.1, 0.15) is 16.8 Å². The molecule has 1 saturated heterocycles. The lowest BCUT2D eigenvalue weighted by atomic mass is 10.2. The summed E-state index contributed by atoms with van der Waals surface area (Å²) in [6.07, 6.45) is 0.291. The van der Waals surface area contributed by atoms with Crippen LogP contribution in [0.5, 0.6) is 0 Å². The maximum Gasteiger partial charge on any atom is 0.281 e. The van der Waals surface area contributed by atoms with Gasteiger partial charge in [-0.2, -0.15) is 0 Å². The number of nitrogens with zero attached hydrogens (tertiary/aromatic N) is 1. The fourth-order valence-corrected chi connectivity index (χ4v) is 2.87. The Balaban J connectivity index is 1.57. The molecule has 3 amide bonds. The highest BCUT2D eigenvalue weighted by Crippen LogP contribution is 2.16. The molecule has 0 unspecified atom stereocenters. The number of benzene rings is 1. The number of nitrogens with one attached hydrogen (secondary N) is 2. The van der Waals surface area contributed by atoms with Crippen LogP contribution in [0.25, 0.3) is 0 Å². The first-order valence-electron chi connectivity index (χ1n) is 7.18. The Morgan fingerprint density at radius 1 is 1.14 bits per heavy atom. The second-order valence-electron chi connectivity index (χ2n) is 4.82. The van der Waals surface area contributed by atoms with Gasteiger partial charge < -0.3 is 15.5 Å². The average Bonchev–Trinajstić information content (AvgIpc) is 2.95. The van der Waals surface area contributed by atoms with Crippen molar-refractivity contribution < 1.29 is 14.4 Å². The van der Waals surface area contributed by atoms with E-state index in [-0.39, 0.29) is 17.1 Å². The van der Waals surface area contributed by atoms with Gasteiger partial charge in [0.1, 0.15) is 0 Å². The van der Waals surface area contributed by atoms with Gasteiger partial charge in [0.2, 0.25) is 5.91 Å². The minimum Gasteiger partial charge on any atom is -0.354 e. The molecule has 0 aromatic heterocycles. The Labute approximate surface area is 133 Å². The Bertz CT molecular complexity index is 536. The topological polar surface area (TPSA) is 78.5 Å². The third kappa shape index (κ3) is 5.07. The molecule has 2 N–H and O–H groups in total. The van der Waals surface area contributed by atoms with Crippen LogP contribution in [0, 0.1) is 0 Å². The molecule has 1 aliphatic heterocycles. The number of rotatable bonds is 7. The third-order valence-electron chi connectivity index (χ3n) is 3.22. The van der Waals surface area contributed by atoms with Crippen LogP contribution in [-0.4, -0.2) is 53.9 Å². The minimum atomic E-state index is -0.158. The van der Waals surface area contributed by atoms with E-state index in [1.165, 1.54) is 11.8 Å². The summed E-state index contributed by atoms with van der Waals surface area (Å²) in [5.41, 5.74) is 0.596. The van der Waals surface area contributed by atoms with Crippen molar-refractivity contribution >= 4 is 28.8 Å². The van der Waals surface area contributed by atoms with Gasteiger partial charge in [-0.25, -0.2) is 0 Å². The van der Waals surface area contributed by atoms with Crippen LogP contribution < -0.4 is 10.6 Å². The monoisotopic (exact) mass is 321 g/mol. The van der Waals surface area contributed by atoms with Crippen LogP contribution in [0.2, 0.25) is 0 Å². The number of carbonyl (C=O) groups excluding carboxylic acids is 3. The standard InChI is InChI=1S/C15H19N3O3S/c19-13(6-9-18-10-11-22-15(18)21)16-7-8-17-14(20)12-4-2-1-3-5-12/h1-5H,6-11H2,(H,16,19)(H,17,20). The van der Waals surface area contributed by atoms with E-state index < -0.39 is 0 Å². The smallest absolute Gasteiger partial charge is 0.281 e. The average molecular weight is 321 g/mol. The highest BCUT2D eigenvalue weighted by atomic mass is 32.2. The molecule has 2 rings (SSSR count). The van der Waals surface area contributed by atoms with Gasteiger partial charge in [-0.05, 0) is 12.1 Å². The fraction of sp³-hybridized carbons (Fsp3) is 0.400. The van der Waals surface area contributed by atoms with Crippen molar-refractivity contribution in [3.05, 3.63) is 35.9 Å². The highest BCUT2D eigenvalue weighted by Gasteiger charge is 2.21. The maximum absolute atomic E-state index is 11.8. The first-order valence-corrected chi connectivity index (χ1v) is 8.17. The number of hydrogen-bond acceptors (Lipinski definition) is 4. The number of thioether (sulfide) groups is 1. The Kier molecular flexibility index (Phi) is 6.27. The van der Waals surface area contributed by atoms with Crippen molar-refractivity contribution in [2.75, 3.05) is 31.9 Å². The van der Waals surface area contributed by atoms with E-state index >= 15 is 0 Å². The first kappa shape index (κ1) is 16.4. The summed E-state index contributed by atoms with van der Waals surface area (Å²) >= 11 is 1.29. The van der Waals surface area contributed by atoms with Crippen LogP contribution in [0.15, 0.2) is 30.3 Å². The Morgan fingerprint density at radius 3 is 2.55 bits per heavy atom. The molecule has 6 nitrogen and oxygen atoms in total. The van der Waals surface area contributed by atoms with Crippen molar-refractivity contribution in [1.82, 2.24) is 15.5 Å². The maximum atomic E-state index is 11.8. The van der Waals surface area contributed by atoms with Crippen molar-refractivity contribution in [1.29, 1.82) is 0 Å². The SMILES string of the molecule is O=C(CCN1CCSC1=O)NCCNC(=O)c1ccccc1. The summed E-state index contributed by atoms with van der Waals surface area (Å²) in [6.45, 7) is 1.91. The lowest BCUT2D eigenvalue weighted by Crippen LogP contribution is -2.36. The molecule has 1 aliphatic rings. The summed E-state index contributed by atoms with van der Waals surface area (Å²) in [4.78, 5) is 36.5. The number of amides is 3. The largest absolute Gasteiger partial charge is 0.354 e. The van der Waals surface area contributed by atoms with Crippen LogP contribution in [0.4, 0.5) is 4.79 Å². The zero-order valence-corrected chi connectivity index (χ0v) is 13.0. The lowest BCUT2D eigenvalue weighted by Gasteiger charge is -2.14. The van der Waals surface area contributed by atoms with Crippen LogP contribution >= 0.6 is 11.8 Å². The molecule has 0 atom stereocenters. The molecule has 1 fully saturated rings. The van der Waals surface area contributed by atoms with E-state index in [0.29, 0.717) is 38.2 Å². The van der Waals surface area contributed by atoms with Crippen molar-refractivity contribution in [2.45, 2.75) is 6.42 Å². The zero-order valence-electron chi connectivity index (χ0n) is 12.2.